The number of fused-ring (bicyclic) bond motifs is 1. The predicted octanol–water partition coefficient (Wildman–Crippen LogP) is 5.40. The number of anilines is 1. The van der Waals surface area contributed by atoms with Gasteiger partial charge in [-0.2, -0.15) is 13.2 Å². The van der Waals surface area contributed by atoms with Crippen LogP contribution in [0.25, 0.3) is 11.1 Å². The highest BCUT2D eigenvalue weighted by Crippen LogP contribution is 2.41. The van der Waals surface area contributed by atoms with Gasteiger partial charge in [0.05, 0.1) is 36.2 Å². The molecule has 0 radical (unpaired) electrons. The van der Waals surface area contributed by atoms with Crippen molar-refractivity contribution >= 4 is 27.6 Å². The molecule has 45 heavy (non-hydrogen) atoms. The lowest BCUT2D eigenvalue weighted by Gasteiger charge is -2.27. The quantitative estimate of drug-likeness (QED) is 0.184. The number of rotatable bonds is 10. The molecule has 1 amide bonds. The number of esters is 1. The van der Waals surface area contributed by atoms with Crippen molar-refractivity contribution in [2.24, 2.45) is 0 Å². The third-order valence-electron chi connectivity index (χ3n) is 7.34. The molecule has 5 rings (SSSR count). The number of carbonyl (C=O) groups is 2. The van der Waals surface area contributed by atoms with Crippen LogP contribution in [0, 0.1) is 0 Å². The van der Waals surface area contributed by atoms with Gasteiger partial charge in [-0.15, -0.1) is 0 Å². The molecular formula is C33H29F3N2O6S. The molecule has 0 saturated heterocycles. The van der Waals surface area contributed by atoms with Gasteiger partial charge in [0.2, 0.25) is 5.91 Å². The highest BCUT2D eigenvalue weighted by atomic mass is 32.2. The normalized spacial score (nSPS) is 14.5. The minimum absolute atomic E-state index is 0.0352. The second kappa shape index (κ2) is 13.0. The number of hydrogen-bond acceptors (Lipinski definition) is 6. The number of nitrogens with one attached hydrogen (secondary N) is 1. The first-order valence-corrected chi connectivity index (χ1v) is 15.4. The molecule has 0 aliphatic carbocycles. The number of sulfonamides is 1. The Hall–Kier alpha value is -4.84. The van der Waals surface area contributed by atoms with Crippen molar-refractivity contribution in [1.29, 1.82) is 0 Å². The van der Waals surface area contributed by atoms with E-state index in [1.54, 1.807) is 60.7 Å². The minimum atomic E-state index is -4.84. The summed E-state index contributed by atoms with van der Waals surface area (Å²) in [5.74, 6) is -0.500. The Bertz CT molecular complexity index is 1800. The van der Waals surface area contributed by atoms with Crippen LogP contribution in [0.4, 0.5) is 18.9 Å². The van der Waals surface area contributed by atoms with Gasteiger partial charge in [0.25, 0.3) is 10.0 Å². The summed E-state index contributed by atoms with van der Waals surface area (Å²) in [7, 11) is -3.30. The lowest BCUT2D eigenvalue weighted by Crippen LogP contribution is -2.48. The molecule has 0 spiro atoms. The van der Waals surface area contributed by atoms with E-state index in [4.69, 9.17) is 4.74 Å². The largest absolute Gasteiger partial charge is 0.492 e. The number of benzene rings is 4. The SMILES string of the molecule is COC(=O)Cc1ccc(OCCNC(=O)[C@@H]2Cc3ccccc3N2S(=O)(=O)c2ccc(-c3ccccc3)c(C(F)(F)F)c2)cc1. The van der Waals surface area contributed by atoms with Gasteiger partial charge in [-0.1, -0.05) is 66.7 Å². The first-order chi connectivity index (χ1) is 21.5. The zero-order chi connectivity index (χ0) is 32.2. The van der Waals surface area contributed by atoms with E-state index in [2.05, 4.69) is 10.1 Å². The van der Waals surface area contributed by atoms with E-state index >= 15 is 0 Å². The summed E-state index contributed by atoms with van der Waals surface area (Å²) in [4.78, 5) is 24.2. The summed E-state index contributed by atoms with van der Waals surface area (Å²) < 4.78 is 81.8. The molecule has 4 aromatic rings. The highest BCUT2D eigenvalue weighted by Gasteiger charge is 2.43. The Kier molecular flexibility index (Phi) is 9.14. The van der Waals surface area contributed by atoms with Crippen LogP contribution >= 0.6 is 0 Å². The van der Waals surface area contributed by atoms with E-state index in [-0.39, 0.29) is 48.8 Å². The van der Waals surface area contributed by atoms with Crippen LogP contribution in [-0.4, -0.2) is 46.6 Å². The summed E-state index contributed by atoms with van der Waals surface area (Å²) in [6.07, 6.45) is -4.68. The smallest absolute Gasteiger partial charge is 0.417 e. The summed E-state index contributed by atoms with van der Waals surface area (Å²) in [5, 5.41) is 2.68. The van der Waals surface area contributed by atoms with Gasteiger partial charge < -0.3 is 14.8 Å². The number of methoxy groups -OCH3 is 1. The Labute approximate surface area is 258 Å². The summed E-state index contributed by atoms with van der Waals surface area (Å²) in [6.45, 7) is 0.0951. The number of carbonyl (C=O) groups excluding carboxylic acids is 2. The van der Waals surface area contributed by atoms with Crippen LogP contribution in [0.1, 0.15) is 16.7 Å². The number of nitrogens with zero attached hydrogens (tertiary/aromatic N) is 1. The number of halogens is 3. The second-order valence-electron chi connectivity index (χ2n) is 10.3. The van der Waals surface area contributed by atoms with Crippen molar-refractivity contribution < 1.29 is 40.7 Å². The van der Waals surface area contributed by atoms with Gasteiger partial charge in [0, 0.05) is 6.42 Å². The topological polar surface area (TPSA) is 102 Å². The van der Waals surface area contributed by atoms with Gasteiger partial charge in [-0.25, -0.2) is 8.42 Å². The van der Waals surface area contributed by atoms with E-state index in [9.17, 15) is 31.2 Å². The van der Waals surface area contributed by atoms with Crippen LogP contribution in [-0.2, 0) is 43.4 Å². The van der Waals surface area contributed by atoms with Gasteiger partial charge in [0.15, 0.2) is 0 Å². The second-order valence-corrected chi connectivity index (χ2v) is 12.1. The third-order valence-corrected chi connectivity index (χ3v) is 9.15. The molecule has 234 valence electrons. The van der Waals surface area contributed by atoms with Crippen LogP contribution < -0.4 is 14.4 Å². The number of ether oxygens (including phenoxy) is 2. The predicted molar refractivity (Wildman–Crippen MR) is 161 cm³/mol. The highest BCUT2D eigenvalue weighted by molar-refractivity contribution is 7.93. The van der Waals surface area contributed by atoms with Crippen LogP contribution in [0.2, 0.25) is 0 Å². The third kappa shape index (κ3) is 6.96. The molecule has 0 unspecified atom stereocenters. The monoisotopic (exact) mass is 638 g/mol. The van der Waals surface area contributed by atoms with Crippen molar-refractivity contribution in [2.75, 3.05) is 24.6 Å². The number of para-hydroxylation sites is 1. The van der Waals surface area contributed by atoms with E-state index in [0.717, 1.165) is 22.0 Å². The first-order valence-electron chi connectivity index (χ1n) is 13.9. The van der Waals surface area contributed by atoms with Crippen LogP contribution in [0.15, 0.2) is 102 Å². The average molecular weight is 639 g/mol. The summed E-state index contributed by atoms with van der Waals surface area (Å²) in [6, 6.07) is 22.8. The molecule has 8 nitrogen and oxygen atoms in total. The minimum Gasteiger partial charge on any atom is -0.492 e. The summed E-state index contributed by atoms with van der Waals surface area (Å²) in [5.41, 5.74) is 0.566. The molecule has 1 aliphatic rings. The molecule has 1 atom stereocenters. The molecule has 0 aromatic heterocycles. The molecule has 1 N–H and O–H groups in total. The van der Waals surface area contributed by atoms with Crippen molar-refractivity contribution in [3.8, 4) is 16.9 Å². The van der Waals surface area contributed by atoms with Gasteiger partial charge in [0.1, 0.15) is 18.4 Å². The standard InChI is InChI=1S/C33H29F3N2O6S/c1-43-31(39)19-22-11-13-25(14-12-22)44-18-17-37-32(40)30-20-24-9-5-6-10-29(24)38(30)45(41,42)26-15-16-27(23-7-3-2-4-8-23)28(21-26)33(34,35)36/h2-16,21,30H,17-20H2,1H3,(H,37,40)/t30-/m0/s1. The van der Waals surface area contributed by atoms with Crippen molar-refractivity contribution in [3.63, 3.8) is 0 Å². The van der Waals surface area contributed by atoms with Crippen molar-refractivity contribution in [1.82, 2.24) is 5.32 Å². The Morgan fingerprint density at radius 3 is 2.31 bits per heavy atom. The fourth-order valence-electron chi connectivity index (χ4n) is 5.16. The molecule has 12 heteroatoms. The van der Waals surface area contributed by atoms with E-state index in [0.29, 0.717) is 17.4 Å². The van der Waals surface area contributed by atoms with Crippen LogP contribution in [0.5, 0.6) is 5.75 Å². The maximum Gasteiger partial charge on any atom is 0.417 e. The molecular weight excluding hydrogens is 609 g/mol. The zero-order valence-corrected chi connectivity index (χ0v) is 24.9. The molecule has 4 aromatic carbocycles. The van der Waals surface area contributed by atoms with Gasteiger partial charge in [-0.3, -0.25) is 13.9 Å². The van der Waals surface area contributed by atoms with E-state index < -0.39 is 38.6 Å². The maximum absolute atomic E-state index is 14.2. The molecule has 1 aliphatic heterocycles. The summed E-state index contributed by atoms with van der Waals surface area (Å²) >= 11 is 0. The number of alkyl halides is 3. The maximum atomic E-state index is 14.2. The lowest BCUT2D eigenvalue weighted by atomic mass is 9.99. The Morgan fingerprint density at radius 2 is 1.62 bits per heavy atom. The molecule has 1 heterocycles. The van der Waals surface area contributed by atoms with Gasteiger partial charge in [-0.05, 0) is 52.6 Å². The van der Waals surface area contributed by atoms with Crippen molar-refractivity contribution in [3.05, 3.63) is 114 Å². The van der Waals surface area contributed by atoms with E-state index in [1.165, 1.54) is 25.3 Å². The average Bonchev–Trinajstić information content (AvgIpc) is 3.44. The molecule has 0 bridgehead atoms. The Morgan fingerprint density at radius 1 is 0.933 bits per heavy atom. The van der Waals surface area contributed by atoms with Crippen molar-refractivity contribution in [2.45, 2.75) is 30.0 Å². The Balaban J connectivity index is 1.34. The zero-order valence-electron chi connectivity index (χ0n) is 24.1. The molecule has 0 saturated carbocycles. The van der Waals surface area contributed by atoms with Gasteiger partial charge >= 0.3 is 12.1 Å². The number of hydrogen-bond donors (Lipinski definition) is 1. The fraction of sp³-hybridized carbons (Fsp3) is 0.212. The number of amides is 1. The van der Waals surface area contributed by atoms with E-state index in [1.807, 2.05) is 0 Å². The van der Waals surface area contributed by atoms with Crippen LogP contribution in [0.3, 0.4) is 0 Å². The first kappa shape index (κ1) is 31.6. The lowest BCUT2D eigenvalue weighted by molar-refractivity contribution is -0.140. The fourth-order valence-corrected chi connectivity index (χ4v) is 6.83. The molecule has 0 fully saturated rings.